The second-order valence-electron chi connectivity index (χ2n) is 4.25. The van der Waals surface area contributed by atoms with Gasteiger partial charge in [-0.15, -0.1) is 0 Å². The molecule has 0 N–H and O–H groups in total. The summed E-state index contributed by atoms with van der Waals surface area (Å²) in [6.07, 6.45) is 0. The Kier molecular flexibility index (Phi) is 5.03. The number of halogens is 1. The zero-order chi connectivity index (χ0) is 14.4. The highest BCUT2D eigenvalue weighted by Gasteiger charge is 1.99. The Balaban J connectivity index is 1.81. The van der Waals surface area contributed by atoms with Crippen LogP contribution in [-0.4, -0.2) is 13.2 Å². The number of benzene rings is 2. The molecule has 102 valence electrons. The fourth-order valence-corrected chi connectivity index (χ4v) is 1.93. The third kappa shape index (κ3) is 4.01. The first-order valence-corrected chi connectivity index (χ1v) is 7.00. The van der Waals surface area contributed by atoms with Crippen molar-refractivity contribution < 1.29 is 9.47 Å². The van der Waals surface area contributed by atoms with Gasteiger partial charge in [0.2, 0.25) is 0 Å². The molecule has 0 amide bonds. The minimum Gasteiger partial charge on any atom is -0.490 e. The Morgan fingerprint density at radius 1 is 1.05 bits per heavy atom. The maximum atomic E-state index is 8.80. The van der Waals surface area contributed by atoms with E-state index in [1.165, 1.54) is 0 Å². The molecule has 0 atom stereocenters. The molecule has 20 heavy (non-hydrogen) atoms. The highest BCUT2D eigenvalue weighted by molar-refractivity contribution is 9.10. The van der Waals surface area contributed by atoms with E-state index in [0.717, 1.165) is 15.8 Å². The van der Waals surface area contributed by atoms with Crippen LogP contribution in [0.1, 0.15) is 11.1 Å². The summed E-state index contributed by atoms with van der Waals surface area (Å²) < 4.78 is 12.2. The van der Waals surface area contributed by atoms with Crippen LogP contribution in [0.25, 0.3) is 0 Å². The van der Waals surface area contributed by atoms with Crippen LogP contribution in [0.3, 0.4) is 0 Å². The monoisotopic (exact) mass is 331 g/mol. The summed E-state index contributed by atoms with van der Waals surface area (Å²) in [6.45, 7) is 2.91. The third-order valence-electron chi connectivity index (χ3n) is 2.71. The summed E-state index contributed by atoms with van der Waals surface area (Å²) in [5.74, 6) is 1.50. The molecule has 0 aromatic heterocycles. The molecule has 0 fully saturated rings. The predicted octanol–water partition coefficient (Wildman–Crippen LogP) is 4.09. The zero-order valence-electron chi connectivity index (χ0n) is 11.1. The maximum absolute atomic E-state index is 8.80. The standard InChI is InChI=1S/C16H14BrNO2/c1-12-9-15(5-6-16(12)17)20-8-7-19-14-4-2-3-13(10-14)11-18/h2-6,9-10H,7-8H2,1H3. The highest BCUT2D eigenvalue weighted by atomic mass is 79.9. The van der Waals surface area contributed by atoms with E-state index in [0.29, 0.717) is 24.5 Å². The second kappa shape index (κ2) is 6.97. The molecule has 0 bridgehead atoms. The number of hydrogen-bond acceptors (Lipinski definition) is 3. The van der Waals surface area contributed by atoms with E-state index < -0.39 is 0 Å². The summed E-state index contributed by atoms with van der Waals surface area (Å²) >= 11 is 3.45. The minimum atomic E-state index is 0.435. The van der Waals surface area contributed by atoms with Gasteiger partial charge in [0.25, 0.3) is 0 Å². The molecule has 0 heterocycles. The second-order valence-corrected chi connectivity index (χ2v) is 5.10. The predicted molar refractivity (Wildman–Crippen MR) is 81.0 cm³/mol. The van der Waals surface area contributed by atoms with Crippen molar-refractivity contribution in [3.05, 3.63) is 58.1 Å². The molecule has 2 aromatic rings. The Labute approximate surface area is 126 Å². The molecule has 0 saturated carbocycles. The van der Waals surface area contributed by atoms with Crippen molar-refractivity contribution in [1.82, 2.24) is 0 Å². The number of aryl methyl sites for hydroxylation is 1. The van der Waals surface area contributed by atoms with Crippen LogP contribution in [0.4, 0.5) is 0 Å². The van der Waals surface area contributed by atoms with E-state index in [2.05, 4.69) is 22.0 Å². The molecule has 0 spiro atoms. The Morgan fingerprint density at radius 3 is 2.40 bits per heavy atom. The van der Waals surface area contributed by atoms with E-state index in [-0.39, 0.29) is 0 Å². The number of nitriles is 1. The summed E-state index contributed by atoms with van der Waals surface area (Å²) in [4.78, 5) is 0. The SMILES string of the molecule is Cc1cc(OCCOc2cccc(C#N)c2)ccc1Br. The number of hydrogen-bond donors (Lipinski definition) is 0. The van der Waals surface area contributed by atoms with Gasteiger partial charge in [-0.1, -0.05) is 22.0 Å². The van der Waals surface area contributed by atoms with Crippen LogP contribution in [0.15, 0.2) is 46.9 Å². The first-order chi connectivity index (χ1) is 9.69. The lowest BCUT2D eigenvalue weighted by atomic mass is 10.2. The van der Waals surface area contributed by atoms with Gasteiger partial charge in [-0.3, -0.25) is 0 Å². The van der Waals surface area contributed by atoms with Gasteiger partial charge in [-0.2, -0.15) is 5.26 Å². The first kappa shape index (κ1) is 14.4. The van der Waals surface area contributed by atoms with Crippen LogP contribution in [-0.2, 0) is 0 Å². The fourth-order valence-electron chi connectivity index (χ4n) is 1.68. The molecule has 0 saturated heterocycles. The van der Waals surface area contributed by atoms with Crippen LogP contribution >= 0.6 is 15.9 Å². The summed E-state index contributed by atoms with van der Waals surface area (Å²) in [5, 5.41) is 8.80. The first-order valence-electron chi connectivity index (χ1n) is 6.21. The quantitative estimate of drug-likeness (QED) is 0.775. The van der Waals surface area contributed by atoms with Gasteiger partial charge < -0.3 is 9.47 Å². The molecular formula is C16H14BrNO2. The highest BCUT2D eigenvalue weighted by Crippen LogP contribution is 2.21. The molecule has 0 radical (unpaired) electrons. The average molecular weight is 332 g/mol. The van der Waals surface area contributed by atoms with E-state index >= 15 is 0 Å². The largest absolute Gasteiger partial charge is 0.490 e. The topological polar surface area (TPSA) is 42.2 Å². The van der Waals surface area contributed by atoms with Crippen molar-refractivity contribution in [2.45, 2.75) is 6.92 Å². The molecule has 2 rings (SSSR count). The van der Waals surface area contributed by atoms with Crippen molar-refractivity contribution >= 4 is 15.9 Å². The molecule has 2 aromatic carbocycles. The van der Waals surface area contributed by atoms with Gasteiger partial charge in [-0.25, -0.2) is 0 Å². The van der Waals surface area contributed by atoms with Crippen LogP contribution < -0.4 is 9.47 Å². The molecule has 3 nitrogen and oxygen atoms in total. The van der Waals surface area contributed by atoms with Gasteiger partial charge in [-0.05, 0) is 48.9 Å². The van der Waals surface area contributed by atoms with E-state index in [9.17, 15) is 0 Å². The van der Waals surface area contributed by atoms with Gasteiger partial charge in [0.1, 0.15) is 24.7 Å². The minimum absolute atomic E-state index is 0.435. The van der Waals surface area contributed by atoms with Gasteiger partial charge in [0.15, 0.2) is 0 Å². The van der Waals surface area contributed by atoms with Crippen molar-refractivity contribution in [3.63, 3.8) is 0 Å². The lowest BCUT2D eigenvalue weighted by Crippen LogP contribution is -2.09. The summed E-state index contributed by atoms with van der Waals surface area (Å²) in [5.41, 5.74) is 1.72. The third-order valence-corrected chi connectivity index (χ3v) is 3.60. The molecule has 0 aliphatic rings. The van der Waals surface area contributed by atoms with Gasteiger partial charge >= 0.3 is 0 Å². The normalized spacial score (nSPS) is 9.85. The molecule has 0 aliphatic carbocycles. The van der Waals surface area contributed by atoms with Crippen LogP contribution in [0.5, 0.6) is 11.5 Å². The van der Waals surface area contributed by atoms with Crippen LogP contribution in [0, 0.1) is 18.3 Å². The van der Waals surface area contributed by atoms with Gasteiger partial charge in [0.05, 0.1) is 11.6 Å². The number of ether oxygens (including phenoxy) is 2. The van der Waals surface area contributed by atoms with Crippen molar-refractivity contribution in [3.8, 4) is 17.6 Å². The number of rotatable bonds is 5. The van der Waals surface area contributed by atoms with Crippen LogP contribution in [0.2, 0.25) is 0 Å². The van der Waals surface area contributed by atoms with Crippen molar-refractivity contribution in [2.24, 2.45) is 0 Å². The zero-order valence-corrected chi connectivity index (χ0v) is 12.7. The average Bonchev–Trinajstić information content (AvgIpc) is 2.47. The molecular weight excluding hydrogens is 318 g/mol. The molecule has 0 unspecified atom stereocenters. The van der Waals surface area contributed by atoms with E-state index in [4.69, 9.17) is 14.7 Å². The Bertz CT molecular complexity index is 635. The summed E-state index contributed by atoms with van der Waals surface area (Å²) in [7, 11) is 0. The Morgan fingerprint density at radius 2 is 1.75 bits per heavy atom. The van der Waals surface area contributed by atoms with Gasteiger partial charge in [0, 0.05) is 4.47 Å². The summed E-state index contributed by atoms with van der Waals surface area (Å²) in [6, 6.07) is 15.0. The molecule has 4 heteroatoms. The lowest BCUT2D eigenvalue weighted by molar-refractivity contribution is 0.217. The van der Waals surface area contributed by atoms with Crippen molar-refractivity contribution in [1.29, 1.82) is 5.26 Å². The van der Waals surface area contributed by atoms with E-state index in [1.807, 2.05) is 31.2 Å². The smallest absolute Gasteiger partial charge is 0.122 e. The maximum Gasteiger partial charge on any atom is 0.122 e. The lowest BCUT2D eigenvalue weighted by Gasteiger charge is -2.09. The number of nitrogens with zero attached hydrogens (tertiary/aromatic N) is 1. The van der Waals surface area contributed by atoms with Crippen molar-refractivity contribution in [2.75, 3.05) is 13.2 Å². The van der Waals surface area contributed by atoms with E-state index in [1.54, 1.807) is 18.2 Å². The Hall–Kier alpha value is -1.99. The molecule has 0 aliphatic heterocycles. The fraction of sp³-hybridized carbons (Fsp3) is 0.188.